The van der Waals surface area contributed by atoms with Crippen LogP contribution in [0.3, 0.4) is 0 Å². The lowest BCUT2D eigenvalue weighted by atomic mass is 10.1. The maximum absolute atomic E-state index is 12.7. The summed E-state index contributed by atoms with van der Waals surface area (Å²) in [4.78, 5) is 18.9. The topological polar surface area (TPSA) is 45.2 Å². The Labute approximate surface area is 148 Å². The van der Waals surface area contributed by atoms with Crippen LogP contribution in [0.5, 0.6) is 0 Å². The fourth-order valence-electron chi connectivity index (χ4n) is 2.73. The number of carbonyl (C=O) groups excluding carboxylic acids is 1. The summed E-state index contributed by atoms with van der Waals surface area (Å²) in [5, 5.41) is 3.00. The Bertz CT molecular complexity index is 870. The van der Waals surface area contributed by atoms with Gasteiger partial charge in [0.2, 0.25) is 0 Å². The molecule has 0 saturated carbocycles. The van der Waals surface area contributed by atoms with Crippen LogP contribution in [0.1, 0.15) is 21.5 Å². The van der Waals surface area contributed by atoms with Gasteiger partial charge in [-0.3, -0.25) is 9.78 Å². The standard InChI is InChI=1S/C21H21N3O/c1-15-8-7-9-16(2)20(15)23-21(25)17-12-19(14-22-13-17)24(3)18-10-5-4-6-11-18/h4-14H,1-3H3,(H,23,25). The minimum absolute atomic E-state index is 0.159. The summed E-state index contributed by atoms with van der Waals surface area (Å²) in [5.41, 5.74) is 5.37. The van der Waals surface area contributed by atoms with Crippen molar-refractivity contribution in [2.45, 2.75) is 13.8 Å². The van der Waals surface area contributed by atoms with Gasteiger partial charge in [0.1, 0.15) is 0 Å². The van der Waals surface area contributed by atoms with Crippen molar-refractivity contribution in [3.05, 3.63) is 83.7 Å². The third kappa shape index (κ3) is 3.69. The van der Waals surface area contributed by atoms with E-state index in [1.54, 1.807) is 12.4 Å². The van der Waals surface area contributed by atoms with E-state index in [0.717, 1.165) is 28.2 Å². The molecule has 0 fully saturated rings. The molecule has 4 heteroatoms. The van der Waals surface area contributed by atoms with E-state index in [0.29, 0.717) is 5.56 Å². The molecule has 4 nitrogen and oxygen atoms in total. The van der Waals surface area contributed by atoms with Crippen LogP contribution in [0.4, 0.5) is 17.1 Å². The Morgan fingerprint density at radius 2 is 1.60 bits per heavy atom. The summed E-state index contributed by atoms with van der Waals surface area (Å²) in [6.07, 6.45) is 3.34. The molecule has 0 aliphatic carbocycles. The number of nitrogens with zero attached hydrogens (tertiary/aromatic N) is 2. The van der Waals surface area contributed by atoms with E-state index in [1.165, 1.54) is 0 Å². The van der Waals surface area contributed by atoms with E-state index in [4.69, 9.17) is 0 Å². The molecule has 126 valence electrons. The second kappa shape index (κ2) is 7.18. The molecule has 0 unspecified atom stereocenters. The number of pyridine rings is 1. The van der Waals surface area contributed by atoms with Crippen LogP contribution in [0.25, 0.3) is 0 Å². The highest BCUT2D eigenvalue weighted by atomic mass is 16.1. The number of anilines is 3. The number of carbonyl (C=O) groups is 1. The predicted molar refractivity (Wildman–Crippen MR) is 103 cm³/mol. The van der Waals surface area contributed by atoms with Crippen LogP contribution in [0, 0.1) is 13.8 Å². The zero-order chi connectivity index (χ0) is 17.8. The summed E-state index contributed by atoms with van der Waals surface area (Å²) in [6, 6.07) is 17.8. The number of benzene rings is 2. The minimum atomic E-state index is -0.159. The molecule has 1 N–H and O–H groups in total. The number of amides is 1. The summed E-state index contributed by atoms with van der Waals surface area (Å²) >= 11 is 0. The molecule has 0 radical (unpaired) electrons. The Morgan fingerprint density at radius 3 is 2.28 bits per heavy atom. The highest BCUT2D eigenvalue weighted by molar-refractivity contribution is 6.05. The van der Waals surface area contributed by atoms with Gasteiger partial charge in [-0.2, -0.15) is 0 Å². The van der Waals surface area contributed by atoms with Crippen LogP contribution >= 0.6 is 0 Å². The molecule has 0 atom stereocenters. The van der Waals surface area contributed by atoms with Crippen molar-refractivity contribution >= 4 is 23.0 Å². The third-order valence-corrected chi connectivity index (χ3v) is 4.24. The lowest BCUT2D eigenvalue weighted by Crippen LogP contribution is -2.16. The number of aromatic nitrogens is 1. The predicted octanol–water partition coefficient (Wildman–Crippen LogP) is 4.72. The molecule has 2 aromatic carbocycles. The molecule has 0 saturated heterocycles. The molecule has 0 aliphatic heterocycles. The highest BCUT2D eigenvalue weighted by Gasteiger charge is 2.12. The SMILES string of the molecule is Cc1cccc(C)c1NC(=O)c1cncc(N(C)c2ccccc2)c1. The van der Waals surface area contributed by atoms with Crippen LogP contribution in [0.2, 0.25) is 0 Å². The van der Waals surface area contributed by atoms with E-state index in [9.17, 15) is 4.79 Å². The second-order valence-electron chi connectivity index (χ2n) is 6.05. The van der Waals surface area contributed by atoms with Gasteiger partial charge in [0.25, 0.3) is 5.91 Å². The van der Waals surface area contributed by atoms with Gasteiger partial charge in [-0.1, -0.05) is 36.4 Å². The van der Waals surface area contributed by atoms with Gasteiger partial charge in [0.15, 0.2) is 0 Å². The molecule has 0 spiro atoms. The first-order valence-corrected chi connectivity index (χ1v) is 8.17. The summed E-state index contributed by atoms with van der Waals surface area (Å²) in [5.74, 6) is -0.159. The minimum Gasteiger partial charge on any atom is -0.343 e. The number of aryl methyl sites for hydroxylation is 2. The van der Waals surface area contributed by atoms with Crippen LogP contribution in [-0.4, -0.2) is 17.9 Å². The zero-order valence-electron chi connectivity index (χ0n) is 14.7. The number of nitrogens with one attached hydrogen (secondary N) is 1. The molecule has 1 aromatic heterocycles. The summed E-state index contributed by atoms with van der Waals surface area (Å²) < 4.78 is 0. The monoisotopic (exact) mass is 331 g/mol. The van der Waals surface area contributed by atoms with Gasteiger partial charge in [-0.15, -0.1) is 0 Å². The van der Waals surface area contributed by atoms with Gasteiger partial charge in [-0.25, -0.2) is 0 Å². The van der Waals surface area contributed by atoms with Gasteiger partial charge >= 0.3 is 0 Å². The fourth-order valence-corrected chi connectivity index (χ4v) is 2.73. The number of hydrogen-bond donors (Lipinski definition) is 1. The van der Waals surface area contributed by atoms with Crippen molar-refractivity contribution in [3.8, 4) is 0 Å². The van der Waals surface area contributed by atoms with E-state index in [2.05, 4.69) is 10.3 Å². The fraction of sp³-hybridized carbons (Fsp3) is 0.143. The maximum atomic E-state index is 12.7. The quantitative estimate of drug-likeness (QED) is 0.752. The largest absolute Gasteiger partial charge is 0.343 e. The Balaban J connectivity index is 1.85. The molecule has 1 amide bonds. The van der Waals surface area contributed by atoms with Crippen molar-refractivity contribution in [2.75, 3.05) is 17.3 Å². The average Bonchev–Trinajstić information content (AvgIpc) is 2.65. The third-order valence-electron chi connectivity index (χ3n) is 4.24. The van der Waals surface area contributed by atoms with Gasteiger partial charge < -0.3 is 10.2 Å². The summed E-state index contributed by atoms with van der Waals surface area (Å²) in [7, 11) is 1.96. The van der Waals surface area contributed by atoms with E-state index in [-0.39, 0.29) is 5.91 Å². The average molecular weight is 331 g/mol. The second-order valence-corrected chi connectivity index (χ2v) is 6.05. The molecule has 3 aromatic rings. The van der Waals surface area contributed by atoms with Crippen molar-refractivity contribution in [1.82, 2.24) is 4.98 Å². The molecule has 25 heavy (non-hydrogen) atoms. The number of rotatable bonds is 4. The zero-order valence-corrected chi connectivity index (χ0v) is 14.7. The van der Waals surface area contributed by atoms with Crippen LogP contribution in [0.15, 0.2) is 67.0 Å². The molecule has 0 aliphatic rings. The maximum Gasteiger partial charge on any atom is 0.257 e. The number of para-hydroxylation sites is 2. The van der Waals surface area contributed by atoms with Gasteiger partial charge in [-0.05, 0) is 43.2 Å². The van der Waals surface area contributed by atoms with E-state index < -0.39 is 0 Å². The van der Waals surface area contributed by atoms with Crippen molar-refractivity contribution < 1.29 is 4.79 Å². The van der Waals surface area contributed by atoms with E-state index >= 15 is 0 Å². The van der Waals surface area contributed by atoms with Crippen molar-refractivity contribution in [1.29, 1.82) is 0 Å². The van der Waals surface area contributed by atoms with Gasteiger partial charge in [0, 0.05) is 24.6 Å². The first-order chi connectivity index (χ1) is 12.1. The first kappa shape index (κ1) is 16.7. The molecule has 3 rings (SSSR count). The van der Waals surface area contributed by atoms with Crippen molar-refractivity contribution in [2.24, 2.45) is 0 Å². The molecule has 0 bridgehead atoms. The molecular formula is C21H21N3O. The normalized spacial score (nSPS) is 10.4. The lowest BCUT2D eigenvalue weighted by Gasteiger charge is -2.19. The first-order valence-electron chi connectivity index (χ1n) is 8.17. The van der Waals surface area contributed by atoms with Crippen LogP contribution in [-0.2, 0) is 0 Å². The molecular weight excluding hydrogens is 310 g/mol. The molecule has 1 heterocycles. The van der Waals surface area contributed by atoms with Gasteiger partial charge in [0.05, 0.1) is 17.4 Å². The highest BCUT2D eigenvalue weighted by Crippen LogP contribution is 2.24. The summed E-state index contributed by atoms with van der Waals surface area (Å²) in [6.45, 7) is 3.97. The smallest absolute Gasteiger partial charge is 0.257 e. The Morgan fingerprint density at radius 1 is 0.920 bits per heavy atom. The lowest BCUT2D eigenvalue weighted by molar-refractivity contribution is 0.102. The van der Waals surface area contributed by atoms with E-state index in [1.807, 2.05) is 80.4 Å². The number of hydrogen-bond acceptors (Lipinski definition) is 3. The Hall–Kier alpha value is -3.14. The Kier molecular flexibility index (Phi) is 4.80. The van der Waals surface area contributed by atoms with Crippen molar-refractivity contribution in [3.63, 3.8) is 0 Å². The van der Waals surface area contributed by atoms with Crippen LogP contribution < -0.4 is 10.2 Å².